The van der Waals surface area contributed by atoms with E-state index in [0.717, 1.165) is 31.2 Å². The number of nitrogens with zero attached hydrogens (tertiary/aromatic N) is 3. The number of rotatable bonds is 6. The van der Waals surface area contributed by atoms with Gasteiger partial charge in [-0.15, -0.1) is 0 Å². The number of fused-ring (bicyclic) bond motifs is 1. The Morgan fingerprint density at radius 3 is 3.04 bits per heavy atom. The Morgan fingerprint density at radius 1 is 1.35 bits per heavy atom. The monoisotopic (exact) mass is 354 g/mol. The lowest BCUT2D eigenvalue weighted by atomic mass is 10.0. The standard InChI is InChI=1S/C15H22N4O2S2/c1-2-12-6-3-4-10-19(12)11-9-16-23(20,21)14-8-5-7-13-15(14)18-22-17-13/h5,7-8,12,16H,2-4,6,9-11H2,1H3. The lowest BCUT2D eigenvalue weighted by Gasteiger charge is -2.35. The van der Waals surface area contributed by atoms with Gasteiger partial charge in [-0.2, -0.15) is 8.75 Å². The number of nitrogens with one attached hydrogen (secondary N) is 1. The van der Waals surface area contributed by atoms with Gasteiger partial charge < -0.3 is 0 Å². The van der Waals surface area contributed by atoms with Gasteiger partial charge in [0.15, 0.2) is 0 Å². The van der Waals surface area contributed by atoms with Crippen LogP contribution in [0.3, 0.4) is 0 Å². The van der Waals surface area contributed by atoms with Gasteiger partial charge in [-0.1, -0.05) is 19.4 Å². The average Bonchev–Trinajstić information content (AvgIpc) is 3.03. The molecule has 0 amide bonds. The summed E-state index contributed by atoms with van der Waals surface area (Å²) in [5, 5.41) is 0. The van der Waals surface area contributed by atoms with Crippen molar-refractivity contribution in [3.63, 3.8) is 0 Å². The Hall–Kier alpha value is -1.09. The number of sulfonamides is 1. The maximum absolute atomic E-state index is 12.5. The molecular formula is C15H22N4O2S2. The molecule has 0 saturated carbocycles. The second-order valence-electron chi connectivity index (χ2n) is 5.88. The number of piperidine rings is 1. The highest BCUT2D eigenvalue weighted by Gasteiger charge is 2.22. The van der Waals surface area contributed by atoms with Crippen molar-refractivity contribution >= 4 is 32.8 Å². The van der Waals surface area contributed by atoms with Gasteiger partial charge in [0, 0.05) is 19.1 Å². The van der Waals surface area contributed by atoms with E-state index in [1.165, 1.54) is 19.3 Å². The lowest BCUT2D eigenvalue weighted by molar-refractivity contribution is 0.147. The van der Waals surface area contributed by atoms with Crippen LogP contribution in [0.5, 0.6) is 0 Å². The smallest absolute Gasteiger partial charge is 0.242 e. The Morgan fingerprint density at radius 2 is 2.22 bits per heavy atom. The zero-order valence-corrected chi connectivity index (χ0v) is 14.9. The molecule has 1 aromatic carbocycles. The second kappa shape index (κ2) is 7.21. The van der Waals surface area contributed by atoms with E-state index in [1.54, 1.807) is 18.2 Å². The summed E-state index contributed by atoms with van der Waals surface area (Å²) in [6.07, 6.45) is 4.82. The van der Waals surface area contributed by atoms with Gasteiger partial charge in [-0.3, -0.25) is 4.90 Å². The van der Waals surface area contributed by atoms with E-state index in [-0.39, 0.29) is 4.90 Å². The fourth-order valence-corrected chi connectivity index (χ4v) is 5.00. The molecule has 1 aliphatic heterocycles. The van der Waals surface area contributed by atoms with Crippen LogP contribution in [0, 0.1) is 0 Å². The van der Waals surface area contributed by atoms with Gasteiger partial charge in [0.1, 0.15) is 15.9 Å². The van der Waals surface area contributed by atoms with Crippen molar-refractivity contribution in [3.8, 4) is 0 Å². The molecule has 2 heterocycles. The quantitative estimate of drug-likeness (QED) is 0.861. The fourth-order valence-electron chi connectivity index (χ4n) is 3.22. The first kappa shape index (κ1) is 16.8. The van der Waals surface area contributed by atoms with Gasteiger partial charge in [0.25, 0.3) is 0 Å². The normalized spacial score (nSPS) is 20.1. The molecule has 1 saturated heterocycles. The summed E-state index contributed by atoms with van der Waals surface area (Å²) in [7, 11) is -3.55. The van der Waals surface area contributed by atoms with Crippen LogP contribution in [0.1, 0.15) is 32.6 Å². The molecule has 1 N–H and O–H groups in total. The van der Waals surface area contributed by atoms with Crippen molar-refractivity contribution in [1.82, 2.24) is 18.4 Å². The Bertz CT molecular complexity index is 760. The molecule has 23 heavy (non-hydrogen) atoms. The van der Waals surface area contributed by atoms with Gasteiger partial charge in [-0.25, -0.2) is 13.1 Å². The molecular weight excluding hydrogens is 332 g/mol. The molecule has 0 spiro atoms. The third kappa shape index (κ3) is 3.71. The topological polar surface area (TPSA) is 75.2 Å². The van der Waals surface area contributed by atoms with Gasteiger partial charge >= 0.3 is 0 Å². The van der Waals surface area contributed by atoms with Gasteiger partial charge in [-0.05, 0) is 37.9 Å². The maximum Gasteiger partial charge on any atom is 0.242 e. The van der Waals surface area contributed by atoms with Crippen LogP contribution in [0.25, 0.3) is 11.0 Å². The Kier molecular flexibility index (Phi) is 5.25. The van der Waals surface area contributed by atoms with Gasteiger partial charge in [0.2, 0.25) is 10.0 Å². The minimum atomic E-state index is -3.55. The van der Waals surface area contributed by atoms with Crippen molar-refractivity contribution in [2.75, 3.05) is 19.6 Å². The molecule has 0 bridgehead atoms. The molecule has 1 aliphatic rings. The van der Waals surface area contributed by atoms with Crippen molar-refractivity contribution in [1.29, 1.82) is 0 Å². The molecule has 1 unspecified atom stereocenters. The molecule has 1 aromatic heterocycles. The average molecular weight is 355 g/mol. The van der Waals surface area contributed by atoms with E-state index in [0.29, 0.717) is 23.6 Å². The number of hydrogen-bond acceptors (Lipinski definition) is 6. The maximum atomic E-state index is 12.5. The van der Waals surface area contributed by atoms with Crippen LogP contribution >= 0.6 is 11.7 Å². The Balaban J connectivity index is 1.66. The highest BCUT2D eigenvalue weighted by molar-refractivity contribution is 7.89. The summed E-state index contributed by atoms with van der Waals surface area (Å²) in [4.78, 5) is 2.62. The zero-order valence-electron chi connectivity index (χ0n) is 13.2. The summed E-state index contributed by atoms with van der Waals surface area (Å²) in [5.74, 6) is 0. The number of aromatic nitrogens is 2. The molecule has 8 heteroatoms. The molecule has 6 nitrogen and oxygen atoms in total. The highest BCUT2D eigenvalue weighted by Crippen LogP contribution is 2.21. The van der Waals surface area contributed by atoms with E-state index in [1.807, 2.05) is 0 Å². The summed E-state index contributed by atoms with van der Waals surface area (Å²) >= 11 is 1.03. The third-order valence-electron chi connectivity index (χ3n) is 4.45. The predicted molar refractivity (Wildman–Crippen MR) is 92.1 cm³/mol. The van der Waals surface area contributed by atoms with Crippen LogP contribution in [-0.2, 0) is 10.0 Å². The summed E-state index contributed by atoms with van der Waals surface area (Å²) in [6.45, 7) is 4.44. The van der Waals surface area contributed by atoms with Crippen LogP contribution in [-0.4, -0.2) is 47.7 Å². The number of benzene rings is 1. The van der Waals surface area contributed by atoms with E-state index in [2.05, 4.69) is 25.3 Å². The number of likely N-dealkylation sites (tertiary alicyclic amines) is 1. The largest absolute Gasteiger partial charge is 0.299 e. The molecule has 0 radical (unpaired) electrons. The first-order valence-electron chi connectivity index (χ1n) is 8.07. The Labute approximate surface area is 141 Å². The SMILES string of the molecule is CCC1CCCCN1CCNS(=O)(=O)c1cccc2nsnc12. The third-order valence-corrected chi connectivity index (χ3v) is 6.49. The van der Waals surface area contributed by atoms with Crippen LogP contribution in [0.4, 0.5) is 0 Å². The van der Waals surface area contributed by atoms with Crippen molar-refractivity contribution in [2.24, 2.45) is 0 Å². The minimum Gasteiger partial charge on any atom is -0.299 e. The number of hydrogen-bond donors (Lipinski definition) is 1. The first-order valence-corrected chi connectivity index (χ1v) is 10.3. The predicted octanol–water partition coefficient (Wildman–Crippen LogP) is 2.23. The van der Waals surface area contributed by atoms with E-state index in [4.69, 9.17) is 0 Å². The van der Waals surface area contributed by atoms with E-state index < -0.39 is 10.0 Å². The summed E-state index contributed by atoms with van der Waals surface area (Å²) < 4.78 is 36.0. The molecule has 126 valence electrons. The van der Waals surface area contributed by atoms with E-state index in [9.17, 15) is 8.42 Å². The minimum absolute atomic E-state index is 0.217. The van der Waals surface area contributed by atoms with Gasteiger partial charge in [0.05, 0.1) is 11.7 Å². The molecule has 2 aromatic rings. The van der Waals surface area contributed by atoms with Crippen molar-refractivity contribution in [3.05, 3.63) is 18.2 Å². The molecule has 1 fully saturated rings. The molecule has 3 rings (SSSR count). The molecule has 1 atom stereocenters. The van der Waals surface area contributed by atoms with Crippen LogP contribution < -0.4 is 4.72 Å². The van der Waals surface area contributed by atoms with Crippen molar-refractivity contribution in [2.45, 2.75) is 43.5 Å². The van der Waals surface area contributed by atoms with Crippen LogP contribution in [0.2, 0.25) is 0 Å². The highest BCUT2D eigenvalue weighted by atomic mass is 32.2. The molecule has 0 aliphatic carbocycles. The van der Waals surface area contributed by atoms with E-state index >= 15 is 0 Å². The lowest BCUT2D eigenvalue weighted by Crippen LogP contribution is -2.43. The van der Waals surface area contributed by atoms with Crippen molar-refractivity contribution < 1.29 is 8.42 Å². The summed E-state index contributed by atoms with van der Waals surface area (Å²) in [6, 6.07) is 5.65. The second-order valence-corrected chi connectivity index (χ2v) is 8.14. The first-order chi connectivity index (χ1) is 11.1. The van der Waals surface area contributed by atoms with Crippen LogP contribution in [0.15, 0.2) is 23.1 Å². The fraction of sp³-hybridized carbons (Fsp3) is 0.600. The summed E-state index contributed by atoms with van der Waals surface area (Å²) in [5.41, 5.74) is 1.08. The zero-order chi connectivity index (χ0) is 16.3.